The average Bonchev–Trinajstić information content (AvgIpc) is 2.54. The van der Waals surface area contributed by atoms with Gasteiger partial charge < -0.3 is 14.2 Å². The van der Waals surface area contributed by atoms with Crippen LogP contribution in [0.3, 0.4) is 0 Å². The second kappa shape index (κ2) is 11.4. The van der Waals surface area contributed by atoms with E-state index in [0.29, 0.717) is 18.5 Å². The third kappa shape index (κ3) is 7.56. The zero-order chi connectivity index (χ0) is 14.6. The van der Waals surface area contributed by atoms with Crippen molar-refractivity contribution in [3.63, 3.8) is 0 Å². The zero-order valence-corrected chi connectivity index (χ0v) is 14.0. The smallest absolute Gasteiger partial charge is 0.0700 e. The molecule has 1 aliphatic heterocycles. The fourth-order valence-corrected chi connectivity index (χ4v) is 3.72. The summed E-state index contributed by atoms with van der Waals surface area (Å²) >= 11 is 3.79. The van der Waals surface area contributed by atoms with Crippen molar-refractivity contribution in [3.8, 4) is 0 Å². The highest BCUT2D eigenvalue weighted by Crippen LogP contribution is 2.28. The minimum absolute atomic E-state index is 0.390. The largest absolute Gasteiger partial charge is 0.379 e. The van der Waals surface area contributed by atoms with Crippen molar-refractivity contribution in [1.82, 2.24) is 0 Å². The Morgan fingerprint density at radius 3 is 2.19 bits per heavy atom. The molecule has 1 aromatic carbocycles. The summed E-state index contributed by atoms with van der Waals surface area (Å²) in [4.78, 5) is 0. The van der Waals surface area contributed by atoms with E-state index in [1.807, 2.05) is 23.5 Å². The second-order valence-corrected chi connectivity index (χ2v) is 7.22. The maximum Gasteiger partial charge on any atom is 0.0700 e. The van der Waals surface area contributed by atoms with Gasteiger partial charge in [-0.05, 0) is 5.56 Å². The zero-order valence-electron chi connectivity index (χ0n) is 12.4. The molecule has 1 aromatic rings. The summed E-state index contributed by atoms with van der Waals surface area (Å²) in [6.07, 6.45) is 0. The molecule has 0 aliphatic carbocycles. The van der Waals surface area contributed by atoms with Gasteiger partial charge in [0.05, 0.1) is 44.9 Å². The van der Waals surface area contributed by atoms with E-state index in [0.717, 1.165) is 43.7 Å². The van der Waals surface area contributed by atoms with Crippen molar-refractivity contribution in [2.75, 3.05) is 56.9 Å². The topological polar surface area (TPSA) is 27.7 Å². The van der Waals surface area contributed by atoms with Crippen LogP contribution in [-0.2, 0) is 14.2 Å². The van der Waals surface area contributed by atoms with Gasteiger partial charge in [0.25, 0.3) is 0 Å². The van der Waals surface area contributed by atoms with Gasteiger partial charge in [-0.3, -0.25) is 0 Å². The summed E-state index contributed by atoms with van der Waals surface area (Å²) in [6, 6.07) is 10.6. The van der Waals surface area contributed by atoms with Crippen LogP contribution in [0.1, 0.15) is 10.8 Å². The van der Waals surface area contributed by atoms with Crippen molar-refractivity contribution >= 4 is 23.5 Å². The Kier molecular flexibility index (Phi) is 9.30. The first-order valence-corrected chi connectivity index (χ1v) is 9.64. The van der Waals surface area contributed by atoms with Crippen molar-refractivity contribution in [2.24, 2.45) is 0 Å². The molecule has 0 bridgehead atoms. The van der Waals surface area contributed by atoms with Crippen LogP contribution in [0.2, 0.25) is 0 Å². The van der Waals surface area contributed by atoms with Crippen LogP contribution >= 0.6 is 23.5 Å². The van der Waals surface area contributed by atoms with E-state index < -0.39 is 0 Å². The highest BCUT2D eigenvalue weighted by Gasteiger charge is 2.12. The molecular weight excluding hydrogens is 304 g/mol. The third-order valence-corrected chi connectivity index (χ3v) is 5.23. The van der Waals surface area contributed by atoms with Gasteiger partial charge in [-0.2, -0.15) is 11.8 Å². The third-order valence-electron chi connectivity index (χ3n) is 3.10. The lowest BCUT2D eigenvalue weighted by Crippen LogP contribution is -2.10. The van der Waals surface area contributed by atoms with Gasteiger partial charge in [0.2, 0.25) is 0 Å². The minimum Gasteiger partial charge on any atom is -0.379 e. The van der Waals surface area contributed by atoms with Crippen molar-refractivity contribution in [1.29, 1.82) is 0 Å². The molecule has 0 aromatic heterocycles. The molecule has 1 heterocycles. The van der Waals surface area contributed by atoms with Gasteiger partial charge >= 0.3 is 0 Å². The average molecular weight is 328 g/mol. The molecule has 0 saturated carbocycles. The van der Waals surface area contributed by atoms with Crippen molar-refractivity contribution in [3.05, 3.63) is 35.9 Å². The lowest BCUT2D eigenvalue weighted by Gasteiger charge is -2.17. The van der Waals surface area contributed by atoms with Gasteiger partial charge in [-0.15, -0.1) is 11.8 Å². The summed E-state index contributed by atoms with van der Waals surface area (Å²) in [5.74, 6) is 3.05. The monoisotopic (exact) mass is 328 g/mol. The number of benzene rings is 1. The van der Waals surface area contributed by atoms with E-state index in [-0.39, 0.29) is 0 Å². The highest BCUT2D eigenvalue weighted by molar-refractivity contribution is 7.99. The lowest BCUT2D eigenvalue weighted by molar-refractivity contribution is 0.0605. The summed E-state index contributed by atoms with van der Waals surface area (Å²) < 4.78 is 17.0. The van der Waals surface area contributed by atoms with Gasteiger partial charge in [-0.25, -0.2) is 0 Å². The summed E-state index contributed by atoms with van der Waals surface area (Å²) in [5, 5.41) is 0.390. The van der Waals surface area contributed by atoms with Crippen LogP contribution in [0.15, 0.2) is 30.3 Å². The van der Waals surface area contributed by atoms with Crippen LogP contribution in [0.5, 0.6) is 0 Å². The fourth-order valence-electron chi connectivity index (χ4n) is 2.01. The number of hydrogen-bond donors (Lipinski definition) is 0. The van der Waals surface area contributed by atoms with Gasteiger partial charge in [0.15, 0.2) is 0 Å². The summed E-state index contributed by atoms with van der Waals surface area (Å²) in [5.41, 5.74) is 1.34. The van der Waals surface area contributed by atoms with Crippen molar-refractivity contribution in [2.45, 2.75) is 5.25 Å². The van der Waals surface area contributed by atoms with E-state index in [1.165, 1.54) is 5.56 Å². The fraction of sp³-hybridized carbons (Fsp3) is 0.625. The van der Waals surface area contributed by atoms with Gasteiger partial charge in [0, 0.05) is 17.3 Å². The maximum absolute atomic E-state index is 5.85. The molecule has 1 atom stereocenters. The van der Waals surface area contributed by atoms with E-state index in [2.05, 4.69) is 30.3 Å². The molecule has 1 saturated heterocycles. The summed E-state index contributed by atoms with van der Waals surface area (Å²) in [7, 11) is 0. The Balaban J connectivity index is 1.83. The van der Waals surface area contributed by atoms with Crippen LogP contribution in [0.25, 0.3) is 0 Å². The predicted octanol–water partition coefficient (Wildman–Crippen LogP) is 3.26. The molecule has 1 unspecified atom stereocenters. The number of rotatable bonds is 1. The number of ether oxygens (including phenoxy) is 3. The van der Waals surface area contributed by atoms with Crippen LogP contribution in [0.4, 0.5) is 0 Å². The molecule has 2 rings (SSSR count). The Bertz CT molecular complexity index is 346. The Hall–Kier alpha value is -0.200. The van der Waals surface area contributed by atoms with Crippen LogP contribution < -0.4 is 0 Å². The maximum atomic E-state index is 5.85. The molecule has 0 spiro atoms. The molecule has 5 heteroatoms. The number of thioether (sulfide) groups is 2. The number of hydrogen-bond acceptors (Lipinski definition) is 5. The van der Waals surface area contributed by atoms with Gasteiger partial charge in [0.1, 0.15) is 0 Å². The van der Waals surface area contributed by atoms with Crippen LogP contribution in [0, 0.1) is 0 Å². The molecule has 1 aliphatic rings. The molecule has 1 fully saturated rings. The normalized spacial score (nSPS) is 23.9. The highest BCUT2D eigenvalue weighted by atomic mass is 32.2. The predicted molar refractivity (Wildman–Crippen MR) is 91.4 cm³/mol. The molecule has 0 amide bonds. The van der Waals surface area contributed by atoms with E-state index >= 15 is 0 Å². The molecule has 0 radical (unpaired) electrons. The van der Waals surface area contributed by atoms with Crippen LogP contribution in [-0.4, -0.2) is 56.9 Å². The minimum atomic E-state index is 0.390. The van der Waals surface area contributed by atoms with Gasteiger partial charge in [-0.1, -0.05) is 30.3 Å². The molecule has 118 valence electrons. The standard InChI is InChI=1S/C16H24O3S2/c1-2-4-15(5-3-1)16-14-19-9-12-20-11-8-17-6-7-18-10-13-21-16/h1-5,16H,6-14H2. The van der Waals surface area contributed by atoms with Crippen molar-refractivity contribution < 1.29 is 14.2 Å². The van der Waals surface area contributed by atoms with E-state index in [1.54, 1.807) is 0 Å². The quantitative estimate of drug-likeness (QED) is 0.789. The lowest BCUT2D eigenvalue weighted by atomic mass is 10.1. The molecule has 3 nitrogen and oxygen atoms in total. The molecule has 0 N–H and O–H groups in total. The first kappa shape index (κ1) is 17.2. The molecule has 21 heavy (non-hydrogen) atoms. The van der Waals surface area contributed by atoms with E-state index in [4.69, 9.17) is 14.2 Å². The molecular formula is C16H24O3S2. The van der Waals surface area contributed by atoms with E-state index in [9.17, 15) is 0 Å². The first-order valence-electron chi connectivity index (χ1n) is 7.44. The summed E-state index contributed by atoms with van der Waals surface area (Å²) in [6.45, 7) is 4.54. The Morgan fingerprint density at radius 1 is 0.762 bits per heavy atom. The first-order chi connectivity index (χ1) is 10.5. The SMILES string of the molecule is c1ccc(C2COCCSCCOCCOCCS2)cc1. The second-order valence-electron chi connectivity index (χ2n) is 4.68. The Labute approximate surface area is 136 Å². The Morgan fingerprint density at radius 2 is 1.43 bits per heavy atom.